The maximum atomic E-state index is 9.86. The molecule has 0 aromatic rings. The van der Waals surface area contributed by atoms with E-state index in [1.54, 1.807) is 0 Å². The van der Waals surface area contributed by atoms with Gasteiger partial charge in [-0.3, -0.25) is 0 Å². The largest absolute Gasteiger partial charge is 0.430 e. The molecule has 1 N–H and O–H groups in total. The Balaban J connectivity index is 2.23. The number of nitrogens with zero attached hydrogens (tertiary/aromatic N) is 1. The van der Waals surface area contributed by atoms with E-state index in [-0.39, 0.29) is 0 Å². The van der Waals surface area contributed by atoms with Crippen LogP contribution in [0.4, 0.5) is 0 Å². The summed E-state index contributed by atoms with van der Waals surface area (Å²) in [5.74, 6) is 0. The predicted molar refractivity (Wildman–Crippen MR) is 47.4 cm³/mol. The zero-order valence-electron chi connectivity index (χ0n) is 6.91. The van der Waals surface area contributed by atoms with Crippen molar-refractivity contribution < 1.29 is 4.80 Å². The van der Waals surface area contributed by atoms with Crippen LogP contribution >= 0.6 is 0 Å². The lowest BCUT2D eigenvalue weighted by Crippen LogP contribution is -2.47. The van der Waals surface area contributed by atoms with Crippen molar-refractivity contribution in [3.05, 3.63) is 23.9 Å². The Labute approximate surface area is 68.0 Å². The summed E-state index contributed by atoms with van der Waals surface area (Å²) in [5, 5.41) is 0. The Bertz CT molecular complexity index is 239. The van der Waals surface area contributed by atoms with Crippen LogP contribution < -0.4 is 0 Å². The van der Waals surface area contributed by atoms with Crippen molar-refractivity contribution in [2.45, 2.75) is 18.8 Å². The normalized spacial score (nSPS) is 28.1. The Kier molecular flexibility index (Phi) is 1.29. The molecular weight excluding hydrogens is 154 g/mol. The molecular formula is C8H13NOSi. The lowest BCUT2D eigenvalue weighted by Gasteiger charge is -2.29. The Morgan fingerprint density at radius 1 is 1.64 bits per heavy atom. The Morgan fingerprint density at radius 2 is 2.36 bits per heavy atom. The van der Waals surface area contributed by atoms with Crippen LogP contribution in [0.25, 0.3) is 0 Å². The summed E-state index contributed by atoms with van der Waals surface area (Å²) in [5.41, 5.74) is 1.69. The van der Waals surface area contributed by atoms with Crippen LogP contribution in [0.5, 0.6) is 0 Å². The first-order chi connectivity index (χ1) is 5.07. The summed E-state index contributed by atoms with van der Waals surface area (Å²) >= 11 is 0. The maximum absolute atomic E-state index is 9.86. The molecule has 0 amide bonds. The quantitative estimate of drug-likeness (QED) is 0.586. The van der Waals surface area contributed by atoms with Gasteiger partial charge in [-0.05, 0) is 24.7 Å². The van der Waals surface area contributed by atoms with Gasteiger partial charge in [0.15, 0.2) is 0 Å². The molecule has 2 bridgehead atoms. The summed E-state index contributed by atoms with van der Waals surface area (Å²) in [7, 11) is -1.98. The molecule has 1 unspecified atom stereocenters. The van der Waals surface area contributed by atoms with Crippen molar-refractivity contribution in [1.29, 1.82) is 0 Å². The third kappa shape index (κ3) is 1.04. The first-order valence-corrected chi connectivity index (χ1v) is 6.97. The van der Waals surface area contributed by atoms with E-state index in [1.807, 2.05) is 13.1 Å². The Hall–Kier alpha value is -0.543. The lowest BCUT2D eigenvalue weighted by molar-refractivity contribution is 0.404. The van der Waals surface area contributed by atoms with Crippen molar-refractivity contribution in [2.75, 3.05) is 6.54 Å². The van der Waals surface area contributed by atoms with Crippen LogP contribution in [0.1, 0.15) is 0 Å². The highest BCUT2D eigenvalue weighted by molar-refractivity contribution is 6.72. The minimum absolute atomic E-state index is 0.322. The van der Waals surface area contributed by atoms with Crippen LogP contribution in [0, 0.1) is 0 Å². The van der Waals surface area contributed by atoms with Crippen LogP contribution in [0.2, 0.25) is 13.1 Å². The number of fused-ring (bicyclic) bond motifs is 2. The monoisotopic (exact) mass is 167 g/mol. The maximum Gasteiger partial charge on any atom is 0.208 e. The van der Waals surface area contributed by atoms with Crippen LogP contribution in [0.3, 0.4) is 0 Å². The van der Waals surface area contributed by atoms with Gasteiger partial charge in [0.05, 0.1) is 5.67 Å². The highest BCUT2D eigenvalue weighted by Gasteiger charge is 2.37. The summed E-state index contributed by atoms with van der Waals surface area (Å²) in [4.78, 5) is 12.1. The minimum Gasteiger partial charge on any atom is -0.430 e. The average Bonchev–Trinajstić information content (AvgIpc) is 2.42. The van der Waals surface area contributed by atoms with E-state index in [0.717, 1.165) is 6.54 Å². The first-order valence-electron chi connectivity index (χ1n) is 3.94. The van der Waals surface area contributed by atoms with Crippen LogP contribution in [-0.2, 0) is 0 Å². The van der Waals surface area contributed by atoms with Crippen molar-refractivity contribution in [3.63, 3.8) is 0 Å². The summed E-state index contributed by atoms with van der Waals surface area (Å²) in [6, 6.07) is 0. The van der Waals surface area contributed by atoms with E-state index in [2.05, 4.69) is 23.3 Å². The standard InChI is InChI=1S/C8H13NOSi/c1-11(2,10)8-5-7-3-4-9(8)6-7/h3-5,8,10H,6H2,1-2H3. The smallest absolute Gasteiger partial charge is 0.208 e. The second kappa shape index (κ2) is 1.99. The number of rotatable bonds is 1. The van der Waals surface area contributed by atoms with Gasteiger partial charge in [0.25, 0.3) is 0 Å². The molecule has 2 aliphatic rings. The molecule has 60 valence electrons. The van der Waals surface area contributed by atoms with Gasteiger partial charge in [-0.2, -0.15) is 0 Å². The highest BCUT2D eigenvalue weighted by atomic mass is 28.4. The van der Waals surface area contributed by atoms with Gasteiger partial charge in [-0.1, -0.05) is 6.08 Å². The van der Waals surface area contributed by atoms with Crippen molar-refractivity contribution in [3.8, 4) is 0 Å². The molecule has 0 fully saturated rings. The molecule has 2 rings (SSSR count). The van der Waals surface area contributed by atoms with Gasteiger partial charge in [-0.15, -0.1) is 0 Å². The van der Waals surface area contributed by atoms with E-state index in [4.69, 9.17) is 0 Å². The fourth-order valence-electron chi connectivity index (χ4n) is 1.72. The molecule has 0 aliphatic carbocycles. The van der Waals surface area contributed by atoms with Crippen LogP contribution in [0.15, 0.2) is 23.9 Å². The van der Waals surface area contributed by atoms with Gasteiger partial charge in [-0.25, -0.2) is 0 Å². The fraction of sp³-hybridized carbons (Fsp3) is 0.500. The van der Waals surface area contributed by atoms with E-state index >= 15 is 0 Å². The molecule has 0 radical (unpaired) electrons. The highest BCUT2D eigenvalue weighted by Crippen LogP contribution is 2.28. The summed E-state index contributed by atoms with van der Waals surface area (Å²) in [6.07, 6.45) is 6.41. The summed E-state index contributed by atoms with van der Waals surface area (Å²) < 4.78 is 0. The van der Waals surface area contributed by atoms with Crippen LogP contribution in [-0.4, -0.2) is 30.2 Å². The molecule has 2 aliphatic heterocycles. The van der Waals surface area contributed by atoms with Crippen molar-refractivity contribution in [2.24, 2.45) is 0 Å². The number of hydrogen-bond donors (Lipinski definition) is 1. The zero-order valence-corrected chi connectivity index (χ0v) is 7.91. The Morgan fingerprint density at radius 3 is 2.64 bits per heavy atom. The minimum atomic E-state index is -1.98. The van der Waals surface area contributed by atoms with Gasteiger partial charge in [0.2, 0.25) is 8.32 Å². The third-order valence-electron chi connectivity index (χ3n) is 2.30. The SMILES string of the molecule is C[Si](C)(O)C1C=C2C=CN1C2. The van der Waals surface area contributed by atoms with Gasteiger partial charge < -0.3 is 9.70 Å². The van der Waals surface area contributed by atoms with Gasteiger partial charge in [0, 0.05) is 12.7 Å². The zero-order chi connectivity index (χ0) is 8.06. The molecule has 1 atom stereocenters. The third-order valence-corrected chi connectivity index (χ3v) is 4.24. The average molecular weight is 167 g/mol. The van der Waals surface area contributed by atoms with Gasteiger partial charge >= 0.3 is 0 Å². The topological polar surface area (TPSA) is 23.5 Å². The molecule has 2 heterocycles. The van der Waals surface area contributed by atoms with E-state index in [0.29, 0.717) is 5.67 Å². The fourth-order valence-corrected chi connectivity index (χ4v) is 3.33. The van der Waals surface area contributed by atoms with Crippen molar-refractivity contribution >= 4 is 8.32 Å². The van der Waals surface area contributed by atoms with Gasteiger partial charge in [0.1, 0.15) is 0 Å². The molecule has 2 nitrogen and oxygen atoms in total. The lowest BCUT2D eigenvalue weighted by atomic mass is 10.3. The van der Waals surface area contributed by atoms with E-state index in [1.165, 1.54) is 5.57 Å². The molecule has 11 heavy (non-hydrogen) atoms. The van der Waals surface area contributed by atoms with Crippen molar-refractivity contribution in [1.82, 2.24) is 4.90 Å². The second-order valence-electron chi connectivity index (χ2n) is 3.83. The van der Waals surface area contributed by atoms with E-state index in [9.17, 15) is 4.80 Å². The molecule has 0 saturated heterocycles. The molecule has 0 aromatic carbocycles. The number of hydrogen-bond acceptors (Lipinski definition) is 2. The summed E-state index contributed by atoms with van der Waals surface area (Å²) in [6.45, 7) is 4.99. The molecule has 3 heteroatoms. The second-order valence-corrected chi connectivity index (χ2v) is 7.73. The molecule has 0 aromatic heterocycles. The first kappa shape index (κ1) is 7.12. The molecule has 0 spiro atoms. The van der Waals surface area contributed by atoms with E-state index < -0.39 is 8.32 Å². The molecule has 0 saturated carbocycles. The predicted octanol–water partition coefficient (Wildman–Crippen LogP) is 0.861.